The zero-order chi connectivity index (χ0) is 12.3. The van der Waals surface area contributed by atoms with E-state index in [1.165, 1.54) is 0 Å². The molecule has 0 bridgehead atoms. The van der Waals surface area contributed by atoms with E-state index in [0.717, 1.165) is 12.1 Å². The maximum Gasteiger partial charge on any atom is 0.326 e. The summed E-state index contributed by atoms with van der Waals surface area (Å²) in [5.41, 5.74) is 4.19. The van der Waals surface area contributed by atoms with Crippen LogP contribution in [0.4, 0.5) is 19.3 Å². The Morgan fingerprint density at radius 1 is 1.38 bits per heavy atom. The number of rotatable bonds is 1. The monoisotopic (exact) mass is 248 g/mol. The smallest absolute Gasteiger partial charge is 0.326 e. The van der Waals surface area contributed by atoms with Crippen molar-refractivity contribution < 1.29 is 13.6 Å². The lowest BCUT2D eigenvalue weighted by atomic mass is 10.3. The van der Waals surface area contributed by atoms with Crippen LogP contribution >= 0.6 is 11.6 Å². The van der Waals surface area contributed by atoms with Crippen LogP contribution in [0.1, 0.15) is 0 Å². The van der Waals surface area contributed by atoms with Gasteiger partial charge in [-0.15, -0.1) is 0 Å². The number of guanidine groups is 1. The van der Waals surface area contributed by atoms with Crippen molar-refractivity contribution in [3.05, 3.63) is 28.8 Å². The summed E-state index contributed by atoms with van der Waals surface area (Å²) in [6.45, 7) is 0. The summed E-state index contributed by atoms with van der Waals surface area (Å²) in [4.78, 5) is 11.0. The quantitative estimate of drug-likeness (QED) is 0.449. The molecule has 0 aliphatic rings. The molecule has 0 atom stereocenters. The Labute approximate surface area is 94.1 Å². The Balaban J connectivity index is 2.89. The first-order chi connectivity index (χ1) is 7.40. The first kappa shape index (κ1) is 12.2. The second-order valence-corrected chi connectivity index (χ2v) is 3.17. The lowest BCUT2D eigenvalue weighted by Gasteiger charge is -2.08. The third kappa shape index (κ3) is 3.06. The van der Waals surface area contributed by atoms with Crippen LogP contribution in [0, 0.1) is 17.0 Å². The molecule has 8 heteroatoms. The van der Waals surface area contributed by atoms with Gasteiger partial charge in [-0.25, -0.2) is 13.6 Å². The summed E-state index contributed by atoms with van der Waals surface area (Å²) >= 11 is 5.38. The summed E-state index contributed by atoms with van der Waals surface area (Å²) in [5.74, 6) is -2.69. The molecule has 0 aromatic heterocycles. The second-order valence-electron chi connectivity index (χ2n) is 2.74. The summed E-state index contributed by atoms with van der Waals surface area (Å²) in [5, 5.41) is 10.3. The van der Waals surface area contributed by atoms with Gasteiger partial charge in [-0.1, -0.05) is 11.6 Å². The van der Waals surface area contributed by atoms with Crippen molar-refractivity contribution in [3.63, 3.8) is 0 Å². The van der Waals surface area contributed by atoms with Crippen LogP contribution in [0.5, 0.6) is 0 Å². The van der Waals surface area contributed by atoms with Crippen molar-refractivity contribution in [2.24, 2.45) is 5.73 Å². The Hall–Kier alpha value is -1.89. The Morgan fingerprint density at radius 2 is 1.88 bits per heavy atom. The molecule has 16 heavy (non-hydrogen) atoms. The fraction of sp³-hybridized carbons (Fsp3) is 0. The van der Waals surface area contributed by atoms with Crippen molar-refractivity contribution in [2.75, 3.05) is 5.32 Å². The standard InChI is InChI=1S/C8H7ClF2N4O/c9-3-1-4(10)6(5(11)2-3)14-8(16)15-7(12)13/h1-2H,(H5,12,13,14,15,16). The van der Waals surface area contributed by atoms with Gasteiger partial charge in [0.2, 0.25) is 0 Å². The van der Waals surface area contributed by atoms with Crippen LogP contribution in [0.25, 0.3) is 0 Å². The minimum Gasteiger partial charge on any atom is -0.370 e. The van der Waals surface area contributed by atoms with Crippen LogP contribution in [0.15, 0.2) is 12.1 Å². The second kappa shape index (κ2) is 4.75. The molecule has 1 aromatic rings. The van der Waals surface area contributed by atoms with E-state index in [1.54, 1.807) is 5.32 Å². The number of amides is 2. The molecule has 5 nitrogen and oxygen atoms in total. The lowest BCUT2D eigenvalue weighted by molar-refractivity contribution is 0.255. The Morgan fingerprint density at radius 3 is 2.31 bits per heavy atom. The third-order valence-electron chi connectivity index (χ3n) is 1.49. The minimum absolute atomic E-state index is 0.132. The third-order valence-corrected chi connectivity index (χ3v) is 1.71. The highest BCUT2D eigenvalue weighted by Crippen LogP contribution is 2.23. The number of urea groups is 1. The van der Waals surface area contributed by atoms with E-state index < -0.39 is 29.3 Å². The van der Waals surface area contributed by atoms with Gasteiger partial charge in [-0.05, 0) is 12.1 Å². The molecule has 86 valence electrons. The largest absolute Gasteiger partial charge is 0.370 e. The van der Waals surface area contributed by atoms with Crippen molar-refractivity contribution in [2.45, 2.75) is 0 Å². The van der Waals surface area contributed by atoms with E-state index in [0.29, 0.717) is 0 Å². The van der Waals surface area contributed by atoms with Crippen LogP contribution in [-0.4, -0.2) is 12.0 Å². The molecular weight excluding hydrogens is 242 g/mol. The van der Waals surface area contributed by atoms with Gasteiger partial charge in [-0.3, -0.25) is 10.7 Å². The lowest BCUT2D eigenvalue weighted by Crippen LogP contribution is -2.39. The molecule has 0 saturated carbocycles. The molecule has 0 fully saturated rings. The van der Waals surface area contributed by atoms with Crippen LogP contribution in [-0.2, 0) is 0 Å². The summed E-state index contributed by atoms with van der Waals surface area (Å²) in [6, 6.07) is 0.662. The van der Waals surface area contributed by atoms with Gasteiger partial charge in [0.1, 0.15) is 5.69 Å². The average molecular weight is 249 g/mol. The molecule has 0 saturated heterocycles. The molecule has 0 heterocycles. The highest BCUT2D eigenvalue weighted by Gasteiger charge is 2.13. The van der Waals surface area contributed by atoms with Gasteiger partial charge in [0, 0.05) is 5.02 Å². The number of benzene rings is 1. The Kier molecular flexibility index (Phi) is 3.62. The Bertz CT molecular complexity index is 429. The first-order valence-corrected chi connectivity index (χ1v) is 4.34. The normalized spacial score (nSPS) is 9.69. The van der Waals surface area contributed by atoms with Crippen LogP contribution in [0.2, 0.25) is 5.02 Å². The van der Waals surface area contributed by atoms with E-state index in [4.69, 9.17) is 22.7 Å². The van der Waals surface area contributed by atoms with Gasteiger partial charge in [-0.2, -0.15) is 0 Å². The molecule has 1 rings (SSSR count). The summed E-state index contributed by atoms with van der Waals surface area (Å²) < 4.78 is 26.3. The molecule has 0 spiro atoms. The average Bonchev–Trinajstić information content (AvgIpc) is 2.09. The van der Waals surface area contributed by atoms with Crippen LogP contribution in [0.3, 0.4) is 0 Å². The van der Waals surface area contributed by atoms with Gasteiger partial charge in [0.15, 0.2) is 17.6 Å². The van der Waals surface area contributed by atoms with Gasteiger partial charge in [0.05, 0.1) is 0 Å². The number of halogens is 3. The van der Waals surface area contributed by atoms with Crippen molar-refractivity contribution in [3.8, 4) is 0 Å². The van der Waals surface area contributed by atoms with E-state index in [2.05, 4.69) is 0 Å². The summed E-state index contributed by atoms with van der Waals surface area (Å²) in [7, 11) is 0. The SMILES string of the molecule is N=C(N)NC(=O)Nc1c(F)cc(Cl)cc1F. The van der Waals surface area contributed by atoms with Crippen molar-refractivity contribution in [1.29, 1.82) is 5.41 Å². The van der Waals surface area contributed by atoms with Crippen molar-refractivity contribution >= 4 is 29.3 Å². The predicted octanol–water partition coefficient (Wildman–Crippen LogP) is 1.63. The van der Waals surface area contributed by atoms with Gasteiger partial charge >= 0.3 is 6.03 Å². The number of hydrogen-bond donors (Lipinski definition) is 4. The highest BCUT2D eigenvalue weighted by atomic mass is 35.5. The number of carbonyl (C=O) groups excluding carboxylic acids is 1. The molecule has 0 unspecified atom stereocenters. The zero-order valence-electron chi connectivity index (χ0n) is 7.77. The van der Waals surface area contributed by atoms with E-state index >= 15 is 0 Å². The van der Waals surface area contributed by atoms with Crippen LogP contribution < -0.4 is 16.4 Å². The number of nitrogens with two attached hydrogens (primary N) is 1. The molecule has 0 radical (unpaired) electrons. The van der Waals surface area contributed by atoms with Gasteiger partial charge in [0.25, 0.3) is 0 Å². The van der Waals surface area contributed by atoms with E-state index in [-0.39, 0.29) is 5.02 Å². The minimum atomic E-state index is -1.02. The molecular formula is C8H7ClF2N4O. The molecule has 0 aliphatic heterocycles. The predicted molar refractivity (Wildman–Crippen MR) is 55.4 cm³/mol. The fourth-order valence-electron chi connectivity index (χ4n) is 0.929. The number of carbonyl (C=O) groups is 1. The number of nitrogens with one attached hydrogen (secondary N) is 3. The van der Waals surface area contributed by atoms with Crippen molar-refractivity contribution in [1.82, 2.24) is 5.32 Å². The topological polar surface area (TPSA) is 91.0 Å². The summed E-state index contributed by atoms with van der Waals surface area (Å²) in [6.07, 6.45) is 0. The first-order valence-electron chi connectivity index (χ1n) is 3.96. The maximum atomic E-state index is 13.2. The zero-order valence-corrected chi connectivity index (χ0v) is 8.53. The molecule has 1 aromatic carbocycles. The van der Waals surface area contributed by atoms with E-state index in [9.17, 15) is 13.6 Å². The molecule has 0 aliphatic carbocycles. The maximum absolute atomic E-state index is 13.2. The molecule has 5 N–H and O–H groups in total. The number of anilines is 1. The molecule has 2 amide bonds. The van der Waals surface area contributed by atoms with E-state index in [1.807, 2.05) is 5.32 Å². The van der Waals surface area contributed by atoms with Gasteiger partial charge < -0.3 is 11.1 Å². The number of hydrogen-bond acceptors (Lipinski definition) is 2. The highest BCUT2D eigenvalue weighted by molar-refractivity contribution is 6.30. The fourth-order valence-corrected chi connectivity index (χ4v) is 1.12.